The van der Waals surface area contributed by atoms with Crippen molar-refractivity contribution in [1.82, 2.24) is 5.32 Å². The van der Waals surface area contributed by atoms with E-state index in [0.29, 0.717) is 17.0 Å². The topological polar surface area (TPSA) is 97.6 Å². The molecule has 0 bridgehead atoms. The summed E-state index contributed by atoms with van der Waals surface area (Å²) in [6, 6.07) is 15.0. The van der Waals surface area contributed by atoms with Crippen LogP contribution >= 0.6 is 0 Å². The fraction of sp³-hybridized carbons (Fsp3) is 0.150. The maximum absolute atomic E-state index is 12.0. The van der Waals surface area contributed by atoms with Gasteiger partial charge in [-0.25, -0.2) is 4.79 Å². The van der Waals surface area contributed by atoms with Crippen molar-refractivity contribution in [2.75, 3.05) is 19.0 Å². The van der Waals surface area contributed by atoms with E-state index in [1.807, 2.05) is 0 Å². The molecule has 138 valence electrons. The molecule has 0 unspecified atom stereocenters. The number of ether oxygens (including phenoxy) is 1. The zero-order valence-corrected chi connectivity index (χ0v) is 14.7. The number of likely N-dealkylation sites (N-methyl/N-ethyl adjacent to an activating group) is 1. The standard InChI is InChI=1S/C20H18N2O5/c1-21-18(23)10-13-2-6-15(7-3-13)22-19(24)12-26-16-8-4-14-5-9-20(25)27-17(14)11-16/h2-9,11H,10,12H2,1H3,(H,21,23)(H,22,24). The van der Waals surface area contributed by atoms with Gasteiger partial charge in [0.05, 0.1) is 6.42 Å². The van der Waals surface area contributed by atoms with E-state index in [-0.39, 0.29) is 24.8 Å². The molecule has 2 N–H and O–H groups in total. The predicted octanol–water partition coefficient (Wildman–Crippen LogP) is 2.10. The first-order chi connectivity index (χ1) is 13.0. The largest absolute Gasteiger partial charge is 0.484 e. The Morgan fingerprint density at radius 2 is 1.74 bits per heavy atom. The van der Waals surface area contributed by atoms with E-state index >= 15 is 0 Å². The summed E-state index contributed by atoms with van der Waals surface area (Å²) < 4.78 is 10.5. The molecule has 1 aromatic heterocycles. The van der Waals surface area contributed by atoms with Crippen LogP contribution in [0, 0.1) is 0 Å². The highest BCUT2D eigenvalue weighted by molar-refractivity contribution is 5.92. The van der Waals surface area contributed by atoms with Gasteiger partial charge in [0, 0.05) is 30.3 Å². The third kappa shape index (κ3) is 4.94. The second-order valence-electron chi connectivity index (χ2n) is 5.84. The summed E-state index contributed by atoms with van der Waals surface area (Å²) in [5, 5.41) is 6.04. The van der Waals surface area contributed by atoms with Crippen molar-refractivity contribution in [2.24, 2.45) is 0 Å². The maximum atomic E-state index is 12.0. The molecule has 0 aliphatic rings. The molecule has 0 spiro atoms. The van der Waals surface area contributed by atoms with Crippen LogP contribution in [0.5, 0.6) is 5.75 Å². The molecule has 3 rings (SSSR count). The fourth-order valence-corrected chi connectivity index (χ4v) is 2.46. The Kier molecular flexibility index (Phi) is 5.51. The van der Waals surface area contributed by atoms with Gasteiger partial charge in [-0.1, -0.05) is 12.1 Å². The van der Waals surface area contributed by atoms with Crippen molar-refractivity contribution in [2.45, 2.75) is 6.42 Å². The normalized spacial score (nSPS) is 10.4. The highest BCUT2D eigenvalue weighted by atomic mass is 16.5. The Balaban J connectivity index is 1.56. The lowest BCUT2D eigenvalue weighted by Crippen LogP contribution is -2.21. The SMILES string of the molecule is CNC(=O)Cc1ccc(NC(=O)COc2ccc3ccc(=O)oc3c2)cc1. The minimum Gasteiger partial charge on any atom is -0.484 e. The van der Waals surface area contributed by atoms with Crippen molar-refractivity contribution in [3.63, 3.8) is 0 Å². The number of benzene rings is 2. The summed E-state index contributed by atoms with van der Waals surface area (Å²) in [5.74, 6) is 0.0167. The van der Waals surface area contributed by atoms with Crippen molar-refractivity contribution in [3.05, 3.63) is 70.6 Å². The minimum atomic E-state index is -0.447. The molecule has 0 saturated heterocycles. The zero-order chi connectivity index (χ0) is 19.2. The fourth-order valence-electron chi connectivity index (χ4n) is 2.46. The van der Waals surface area contributed by atoms with E-state index in [4.69, 9.17) is 9.15 Å². The maximum Gasteiger partial charge on any atom is 0.336 e. The number of carbonyl (C=O) groups is 2. The summed E-state index contributed by atoms with van der Waals surface area (Å²) in [6.07, 6.45) is 0.284. The van der Waals surface area contributed by atoms with Crippen molar-refractivity contribution in [1.29, 1.82) is 0 Å². The quantitative estimate of drug-likeness (QED) is 0.651. The van der Waals surface area contributed by atoms with Gasteiger partial charge in [-0.15, -0.1) is 0 Å². The summed E-state index contributed by atoms with van der Waals surface area (Å²) in [4.78, 5) is 34.7. The van der Waals surface area contributed by atoms with E-state index < -0.39 is 5.63 Å². The van der Waals surface area contributed by atoms with Gasteiger partial charge < -0.3 is 19.8 Å². The highest BCUT2D eigenvalue weighted by Gasteiger charge is 2.06. The summed E-state index contributed by atoms with van der Waals surface area (Å²) in [5.41, 5.74) is 1.40. The van der Waals surface area contributed by atoms with Crippen LogP contribution in [0.3, 0.4) is 0 Å². The molecule has 2 aromatic carbocycles. The molecule has 0 fully saturated rings. The van der Waals surface area contributed by atoms with Gasteiger partial charge in [0.1, 0.15) is 11.3 Å². The van der Waals surface area contributed by atoms with Crippen LogP contribution in [-0.4, -0.2) is 25.5 Å². The van der Waals surface area contributed by atoms with E-state index in [0.717, 1.165) is 10.9 Å². The molecule has 3 aromatic rings. The number of amides is 2. The van der Waals surface area contributed by atoms with Gasteiger partial charge in [0.15, 0.2) is 6.61 Å². The number of hydrogen-bond donors (Lipinski definition) is 2. The summed E-state index contributed by atoms with van der Waals surface area (Å²) in [7, 11) is 1.58. The Morgan fingerprint density at radius 1 is 1.00 bits per heavy atom. The van der Waals surface area contributed by atoms with Crippen molar-refractivity contribution < 1.29 is 18.7 Å². The number of carbonyl (C=O) groups excluding carboxylic acids is 2. The van der Waals surface area contributed by atoms with Gasteiger partial charge in [0.2, 0.25) is 5.91 Å². The molecule has 7 heteroatoms. The molecule has 0 radical (unpaired) electrons. The Hall–Kier alpha value is -3.61. The van der Waals surface area contributed by atoms with Crippen LogP contribution in [0.2, 0.25) is 0 Å². The molecule has 2 amide bonds. The van der Waals surface area contributed by atoms with Crippen LogP contribution in [-0.2, 0) is 16.0 Å². The molecule has 0 aliphatic carbocycles. The van der Waals surface area contributed by atoms with Gasteiger partial charge in [-0.3, -0.25) is 9.59 Å². The third-order valence-electron chi connectivity index (χ3n) is 3.85. The summed E-state index contributed by atoms with van der Waals surface area (Å²) in [6.45, 7) is -0.192. The second kappa shape index (κ2) is 8.18. The first kappa shape index (κ1) is 18.2. The van der Waals surface area contributed by atoms with Crippen molar-refractivity contribution >= 4 is 28.5 Å². The number of fused-ring (bicyclic) bond motifs is 1. The lowest BCUT2D eigenvalue weighted by atomic mass is 10.1. The Labute approximate surface area is 154 Å². The number of anilines is 1. The van der Waals surface area contributed by atoms with Gasteiger partial charge >= 0.3 is 5.63 Å². The van der Waals surface area contributed by atoms with Gasteiger partial charge in [-0.2, -0.15) is 0 Å². The first-order valence-corrected chi connectivity index (χ1v) is 8.29. The van der Waals surface area contributed by atoms with E-state index in [9.17, 15) is 14.4 Å². The molecular formula is C20H18N2O5. The lowest BCUT2D eigenvalue weighted by molar-refractivity contribution is -0.120. The number of hydrogen-bond acceptors (Lipinski definition) is 5. The average Bonchev–Trinajstić information content (AvgIpc) is 2.67. The second-order valence-corrected chi connectivity index (χ2v) is 5.84. The van der Waals surface area contributed by atoms with Crippen molar-refractivity contribution in [3.8, 4) is 5.75 Å². The third-order valence-corrected chi connectivity index (χ3v) is 3.85. The molecule has 27 heavy (non-hydrogen) atoms. The van der Waals surface area contributed by atoms with E-state index in [1.165, 1.54) is 6.07 Å². The number of nitrogens with one attached hydrogen (secondary N) is 2. The molecule has 0 saturated carbocycles. The van der Waals surface area contributed by atoms with Crippen LogP contribution in [0.25, 0.3) is 11.0 Å². The van der Waals surface area contributed by atoms with Gasteiger partial charge in [-0.05, 0) is 35.9 Å². The zero-order valence-electron chi connectivity index (χ0n) is 14.7. The Bertz CT molecular complexity index is 1020. The first-order valence-electron chi connectivity index (χ1n) is 8.29. The average molecular weight is 366 g/mol. The number of rotatable bonds is 6. The Morgan fingerprint density at radius 3 is 2.48 bits per heavy atom. The summed E-state index contributed by atoms with van der Waals surface area (Å²) >= 11 is 0. The molecule has 7 nitrogen and oxygen atoms in total. The molecule has 0 aliphatic heterocycles. The molecule has 1 heterocycles. The molecule has 0 atom stereocenters. The van der Waals surface area contributed by atoms with Crippen LogP contribution in [0.15, 0.2) is 63.8 Å². The minimum absolute atomic E-state index is 0.0774. The predicted molar refractivity (Wildman–Crippen MR) is 101 cm³/mol. The monoisotopic (exact) mass is 366 g/mol. The smallest absolute Gasteiger partial charge is 0.336 e. The highest BCUT2D eigenvalue weighted by Crippen LogP contribution is 2.19. The van der Waals surface area contributed by atoms with Gasteiger partial charge in [0.25, 0.3) is 5.91 Å². The van der Waals surface area contributed by atoms with E-state index in [1.54, 1.807) is 55.6 Å². The van der Waals surface area contributed by atoms with Crippen LogP contribution < -0.4 is 21.0 Å². The van der Waals surface area contributed by atoms with Crippen LogP contribution in [0.4, 0.5) is 5.69 Å². The molecular weight excluding hydrogens is 348 g/mol. The lowest BCUT2D eigenvalue weighted by Gasteiger charge is -2.08. The van der Waals surface area contributed by atoms with Crippen LogP contribution in [0.1, 0.15) is 5.56 Å². The van der Waals surface area contributed by atoms with E-state index in [2.05, 4.69) is 10.6 Å².